The molecule has 6 nitrogen and oxygen atoms in total. The smallest absolute Gasteiger partial charge is 0.328 e. The van der Waals surface area contributed by atoms with Crippen LogP contribution in [0.2, 0.25) is 5.02 Å². The second-order valence-electron chi connectivity index (χ2n) is 11.2. The molecule has 44 heavy (non-hydrogen) atoms. The molecule has 0 spiro atoms. The van der Waals surface area contributed by atoms with Crippen LogP contribution in [0.15, 0.2) is 103 Å². The van der Waals surface area contributed by atoms with Crippen LogP contribution in [0.5, 0.6) is 5.75 Å². The zero-order valence-electron chi connectivity index (χ0n) is 25.0. The monoisotopic (exact) mass is 610 g/mol. The van der Waals surface area contributed by atoms with Crippen LogP contribution in [-0.4, -0.2) is 38.1 Å². The Hall–Kier alpha value is -4.13. The predicted molar refractivity (Wildman–Crippen MR) is 176 cm³/mol. The fraction of sp³-hybridized carbons (Fsp3) is 0.297. The number of carbonyl (C=O) groups excluding carboxylic acids is 2. The van der Waals surface area contributed by atoms with Gasteiger partial charge in [0.05, 0.1) is 7.11 Å². The number of methoxy groups -OCH3 is 1. The number of para-hydroxylation sites is 1. The summed E-state index contributed by atoms with van der Waals surface area (Å²) in [6, 6.07) is 31.7. The third kappa shape index (κ3) is 8.07. The minimum absolute atomic E-state index is 0.116. The van der Waals surface area contributed by atoms with E-state index in [1.807, 2.05) is 72.8 Å². The van der Waals surface area contributed by atoms with Gasteiger partial charge in [0.1, 0.15) is 18.4 Å². The molecule has 1 aliphatic carbocycles. The lowest BCUT2D eigenvalue weighted by Gasteiger charge is -2.26. The Morgan fingerprint density at radius 1 is 0.864 bits per heavy atom. The first-order valence-corrected chi connectivity index (χ1v) is 15.6. The van der Waals surface area contributed by atoms with E-state index < -0.39 is 12.0 Å². The standard InChI is InChI=1S/C37H39ClN2O4/c1-43-37(42)34(40-33-18-10-8-16-31(33)36(41)28-13-3-2-4-14-28)25-26-19-21-29(22-20-26)44-24-23-39-35(27-11-5-6-12-27)30-15-7-9-17-32(30)38/h2-4,7-10,13-22,27,34-35,39-40H,5-6,11-12,23-25H2,1H3/t34-,35?/m0/s1. The highest BCUT2D eigenvalue weighted by molar-refractivity contribution is 6.31. The third-order valence-electron chi connectivity index (χ3n) is 8.23. The van der Waals surface area contributed by atoms with E-state index in [-0.39, 0.29) is 11.8 Å². The van der Waals surface area contributed by atoms with Gasteiger partial charge in [-0.1, -0.05) is 97.2 Å². The molecule has 0 aliphatic heterocycles. The minimum Gasteiger partial charge on any atom is -0.492 e. The molecule has 2 atom stereocenters. The number of hydrogen-bond donors (Lipinski definition) is 2. The molecule has 7 heteroatoms. The molecule has 0 aromatic heterocycles. The summed E-state index contributed by atoms with van der Waals surface area (Å²) in [4.78, 5) is 26.0. The lowest BCUT2D eigenvalue weighted by Crippen LogP contribution is -2.33. The molecule has 0 heterocycles. The Morgan fingerprint density at radius 3 is 2.27 bits per heavy atom. The average Bonchev–Trinajstić information content (AvgIpc) is 3.60. The second kappa shape index (κ2) is 15.6. The van der Waals surface area contributed by atoms with Crippen molar-refractivity contribution in [1.29, 1.82) is 0 Å². The lowest BCUT2D eigenvalue weighted by molar-refractivity contribution is -0.141. The van der Waals surface area contributed by atoms with E-state index in [0.29, 0.717) is 42.3 Å². The maximum Gasteiger partial charge on any atom is 0.328 e. The van der Waals surface area contributed by atoms with Gasteiger partial charge < -0.3 is 20.1 Å². The molecule has 4 aromatic rings. The van der Waals surface area contributed by atoms with Gasteiger partial charge in [0.25, 0.3) is 0 Å². The molecule has 1 aliphatic rings. The first kappa shape index (κ1) is 31.3. The molecular formula is C37H39ClN2O4. The van der Waals surface area contributed by atoms with E-state index in [1.54, 1.807) is 24.3 Å². The molecule has 0 radical (unpaired) electrons. The van der Waals surface area contributed by atoms with Crippen LogP contribution in [0.25, 0.3) is 0 Å². The fourth-order valence-corrected chi connectivity index (χ4v) is 6.22. The van der Waals surface area contributed by atoms with E-state index in [2.05, 4.69) is 16.7 Å². The van der Waals surface area contributed by atoms with Gasteiger partial charge in [-0.25, -0.2) is 4.79 Å². The van der Waals surface area contributed by atoms with Crippen molar-refractivity contribution in [2.45, 2.75) is 44.2 Å². The summed E-state index contributed by atoms with van der Waals surface area (Å²) in [7, 11) is 1.37. The Labute approximate surface area is 264 Å². The van der Waals surface area contributed by atoms with E-state index in [1.165, 1.54) is 32.8 Å². The van der Waals surface area contributed by atoms with Crippen molar-refractivity contribution in [1.82, 2.24) is 5.32 Å². The Kier molecular flexibility index (Phi) is 11.1. The largest absolute Gasteiger partial charge is 0.492 e. The van der Waals surface area contributed by atoms with Gasteiger partial charge in [-0.05, 0) is 60.2 Å². The van der Waals surface area contributed by atoms with Crippen LogP contribution in [-0.2, 0) is 16.0 Å². The summed E-state index contributed by atoms with van der Waals surface area (Å²) in [5.41, 5.74) is 3.75. The molecule has 5 rings (SSSR count). The SMILES string of the molecule is COC(=O)[C@H](Cc1ccc(OCCNC(c2ccccc2Cl)C2CCCC2)cc1)Nc1ccccc1C(=O)c1ccccc1. The molecule has 0 bridgehead atoms. The summed E-state index contributed by atoms with van der Waals surface area (Å²) < 4.78 is 11.2. The van der Waals surface area contributed by atoms with Gasteiger partial charge in [0.2, 0.25) is 0 Å². The second-order valence-corrected chi connectivity index (χ2v) is 11.6. The van der Waals surface area contributed by atoms with Crippen LogP contribution < -0.4 is 15.4 Å². The third-order valence-corrected chi connectivity index (χ3v) is 8.58. The number of esters is 1. The van der Waals surface area contributed by atoms with Crippen LogP contribution in [0.1, 0.15) is 58.8 Å². The van der Waals surface area contributed by atoms with E-state index in [0.717, 1.165) is 21.9 Å². The molecule has 228 valence electrons. The van der Waals surface area contributed by atoms with Crippen molar-refractivity contribution in [3.05, 3.63) is 130 Å². The van der Waals surface area contributed by atoms with E-state index in [4.69, 9.17) is 21.1 Å². The summed E-state index contributed by atoms with van der Waals surface area (Å²) in [5.74, 6) is 0.810. The average molecular weight is 611 g/mol. The maximum absolute atomic E-state index is 13.2. The van der Waals surface area contributed by atoms with Crippen molar-refractivity contribution < 1.29 is 19.1 Å². The molecule has 0 amide bonds. The Morgan fingerprint density at radius 2 is 1.55 bits per heavy atom. The maximum atomic E-state index is 13.2. The van der Waals surface area contributed by atoms with Crippen molar-refractivity contribution in [3.8, 4) is 5.75 Å². The normalized spacial score (nSPS) is 14.5. The van der Waals surface area contributed by atoms with Gasteiger partial charge in [0, 0.05) is 40.8 Å². The summed E-state index contributed by atoms with van der Waals surface area (Å²) in [6.07, 6.45) is 5.33. The van der Waals surface area contributed by atoms with E-state index in [9.17, 15) is 9.59 Å². The molecule has 2 N–H and O–H groups in total. The number of carbonyl (C=O) groups is 2. The highest BCUT2D eigenvalue weighted by Crippen LogP contribution is 2.38. The van der Waals surface area contributed by atoms with Crippen LogP contribution in [0, 0.1) is 5.92 Å². The van der Waals surface area contributed by atoms with Crippen LogP contribution in [0.4, 0.5) is 5.69 Å². The number of ketones is 1. The lowest BCUT2D eigenvalue weighted by atomic mass is 9.91. The fourth-order valence-electron chi connectivity index (χ4n) is 5.96. The molecule has 1 fully saturated rings. The number of benzene rings is 4. The van der Waals surface area contributed by atoms with Crippen molar-refractivity contribution in [2.75, 3.05) is 25.6 Å². The van der Waals surface area contributed by atoms with Gasteiger partial charge in [-0.15, -0.1) is 0 Å². The van der Waals surface area contributed by atoms with Crippen LogP contribution in [0.3, 0.4) is 0 Å². The molecule has 1 saturated carbocycles. The van der Waals surface area contributed by atoms with Gasteiger partial charge in [0.15, 0.2) is 5.78 Å². The zero-order valence-corrected chi connectivity index (χ0v) is 25.8. The first-order chi connectivity index (χ1) is 21.5. The Balaban J connectivity index is 1.19. The number of rotatable bonds is 14. The van der Waals surface area contributed by atoms with Crippen LogP contribution >= 0.6 is 11.6 Å². The topological polar surface area (TPSA) is 76.7 Å². The molecule has 0 saturated heterocycles. The van der Waals surface area contributed by atoms with Crippen molar-refractivity contribution in [2.24, 2.45) is 5.92 Å². The van der Waals surface area contributed by atoms with E-state index >= 15 is 0 Å². The minimum atomic E-state index is -0.682. The first-order valence-electron chi connectivity index (χ1n) is 15.3. The number of hydrogen-bond acceptors (Lipinski definition) is 6. The highest BCUT2D eigenvalue weighted by Gasteiger charge is 2.27. The molecular weight excluding hydrogens is 572 g/mol. The Bertz CT molecular complexity index is 1520. The number of ether oxygens (including phenoxy) is 2. The van der Waals surface area contributed by atoms with Crippen molar-refractivity contribution in [3.63, 3.8) is 0 Å². The van der Waals surface area contributed by atoms with Crippen molar-refractivity contribution >= 4 is 29.0 Å². The molecule has 4 aromatic carbocycles. The summed E-state index contributed by atoms with van der Waals surface area (Å²) in [5, 5.41) is 7.76. The molecule has 1 unspecified atom stereocenters. The predicted octanol–water partition coefficient (Wildman–Crippen LogP) is 7.67. The number of nitrogens with one attached hydrogen (secondary N) is 2. The number of anilines is 1. The summed E-state index contributed by atoms with van der Waals surface area (Å²) in [6.45, 7) is 1.22. The summed E-state index contributed by atoms with van der Waals surface area (Å²) >= 11 is 6.56. The quantitative estimate of drug-likeness (QED) is 0.0867. The van der Waals surface area contributed by atoms with Gasteiger partial charge in [-0.2, -0.15) is 0 Å². The highest BCUT2D eigenvalue weighted by atomic mass is 35.5. The zero-order chi connectivity index (χ0) is 30.7. The van der Waals surface area contributed by atoms with Gasteiger partial charge in [-0.3, -0.25) is 4.79 Å². The van der Waals surface area contributed by atoms with Gasteiger partial charge >= 0.3 is 5.97 Å². The number of halogens is 1.